The molecule has 0 saturated carbocycles. The van der Waals surface area contributed by atoms with E-state index in [0.29, 0.717) is 24.2 Å². The van der Waals surface area contributed by atoms with Crippen molar-refractivity contribution in [3.8, 4) is 0 Å². The Bertz CT molecular complexity index is 680. The third-order valence-corrected chi connectivity index (χ3v) is 6.01. The van der Waals surface area contributed by atoms with Crippen LogP contribution in [0.3, 0.4) is 0 Å². The van der Waals surface area contributed by atoms with Crippen LogP contribution in [0.15, 0.2) is 18.2 Å². The number of hydrogen-bond donors (Lipinski definition) is 2. The van der Waals surface area contributed by atoms with E-state index in [0.717, 1.165) is 70.0 Å². The molecule has 0 aromatic heterocycles. The molecule has 168 valence electrons. The van der Waals surface area contributed by atoms with Crippen molar-refractivity contribution in [1.82, 2.24) is 10.2 Å². The number of anilines is 2. The van der Waals surface area contributed by atoms with E-state index in [1.54, 1.807) is 0 Å². The topological polar surface area (TPSA) is 64.7 Å². The van der Waals surface area contributed by atoms with Gasteiger partial charge in [0, 0.05) is 44.0 Å². The smallest absolute Gasteiger partial charge is 0.253 e. The highest BCUT2D eigenvalue weighted by molar-refractivity contribution is 6.02. The number of piperidine rings is 1. The first-order chi connectivity index (χ1) is 14.5. The van der Waals surface area contributed by atoms with Gasteiger partial charge in [-0.05, 0) is 56.5 Å². The van der Waals surface area contributed by atoms with Crippen molar-refractivity contribution in [3.05, 3.63) is 23.8 Å². The first-order valence-corrected chi connectivity index (χ1v) is 11.7. The van der Waals surface area contributed by atoms with Gasteiger partial charge < -0.3 is 20.4 Å². The average Bonchev–Trinajstić information content (AvgIpc) is 2.76. The Balaban J connectivity index is 2.15. The summed E-state index contributed by atoms with van der Waals surface area (Å²) in [6.45, 7) is 13.9. The average molecular weight is 417 g/mol. The highest BCUT2D eigenvalue weighted by Crippen LogP contribution is 2.28. The summed E-state index contributed by atoms with van der Waals surface area (Å²) < 4.78 is 0. The maximum atomic E-state index is 13.1. The molecule has 6 heteroatoms. The maximum Gasteiger partial charge on any atom is 0.253 e. The molecule has 2 amide bonds. The number of unbranched alkanes of at least 4 members (excludes halogenated alkanes) is 1. The van der Waals surface area contributed by atoms with E-state index in [4.69, 9.17) is 0 Å². The number of benzene rings is 1. The van der Waals surface area contributed by atoms with Crippen LogP contribution in [0.2, 0.25) is 0 Å². The van der Waals surface area contributed by atoms with Gasteiger partial charge in [0.2, 0.25) is 5.91 Å². The second-order valence-corrected chi connectivity index (χ2v) is 8.34. The standard InChI is InChI=1S/C24H40N4O2/c1-5-8-9-23(29)26-20-10-11-22(28-15-12-19(4)13-16-28)21(18-20)24(30)25-14-17-27(6-2)7-3/h10-11,18-19H,5-9,12-17H2,1-4H3,(H,25,30)(H,26,29). The van der Waals surface area contributed by atoms with Crippen LogP contribution in [0.4, 0.5) is 11.4 Å². The van der Waals surface area contributed by atoms with Gasteiger partial charge in [0.05, 0.1) is 5.56 Å². The number of carbonyl (C=O) groups is 2. The molecule has 1 fully saturated rings. The second kappa shape index (κ2) is 12.6. The third kappa shape index (κ3) is 7.31. The SMILES string of the molecule is CCCCC(=O)Nc1ccc(N2CCC(C)CC2)c(C(=O)NCCN(CC)CC)c1. The van der Waals surface area contributed by atoms with Crippen molar-refractivity contribution in [2.45, 2.75) is 59.8 Å². The van der Waals surface area contributed by atoms with Crippen LogP contribution in [0.1, 0.15) is 70.2 Å². The monoisotopic (exact) mass is 416 g/mol. The molecule has 1 aromatic carbocycles. The second-order valence-electron chi connectivity index (χ2n) is 8.34. The molecule has 0 atom stereocenters. The quantitative estimate of drug-likeness (QED) is 0.569. The maximum absolute atomic E-state index is 13.1. The summed E-state index contributed by atoms with van der Waals surface area (Å²) in [6.07, 6.45) is 4.64. The molecule has 1 aliphatic heterocycles. The van der Waals surface area contributed by atoms with E-state index < -0.39 is 0 Å². The molecule has 2 rings (SSSR count). The zero-order valence-corrected chi connectivity index (χ0v) is 19.3. The molecule has 0 spiro atoms. The van der Waals surface area contributed by atoms with Crippen molar-refractivity contribution in [2.75, 3.05) is 49.5 Å². The van der Waals surface area contributed by atoms with Crippen molar-refractivity contribution in [3.63, 3.8) is 0 Å². The Morgan fingerprint density at radius 2 is 1.83 bits per heavy atom. The lowest BCUT2D eigenvalue weighted by atomic mass is 9.97. The molecular formula is C24H40N4O2. The summed E-state index contributed by atoms with van der Waals surface area (Å²) in [5, 5.41) is 6.04. The normalized spacial score (nSPS) is 14.8. The van der Waals surface area contributed by atoms with Crippen molar-refractivity contribution in [2.24, 2.45) is 5.92 Å². The first kappa shape index (κ1) is 24.2. The Kier molecular flexibility index (Phi) is 10.1. The van der Waals surface area contributed by atoms with Gasteiger partial charge in [0.25, 0.3) is 5.91 Å². The van der Waals surface area contributed by atoms with Gasteiger partial charge in [-0.1, -0.05) is 34.1 Å². The Morgan fingerprint density at radius 1 is 1.13 bits per heavy atom. The summed E-state index contributed by atoms with van der Waals surface area (Å²) in [6, 6.07) is 5.75. The van der Waals surface area contributed by atoms with Gasteiger partial charge in [-0.15, -0.1) is 0 Å². The predicted octanol–water partition coefficient (Wildman–Crippen LogP) is 4.12. The summed E-state index contributed by atoms with van der Waals surface area (Å²) in [5.74, 6) is 0.662. The molecule has 1 heterocycles. The van der Waals surface area contributed by atoms with Crippen LogP contribution in [0, 0.1) is 5.92 Å². The van der Waals surface area contributed by atoms with Crippen LogP contribution >= 0.6 is 0 Å². The molecule has 30 heavy (non-hydrogen) atoms. The Hall–Kier alpha value is -2.08. The van der Waals surface area contributed by atoms with Crippen LogP contribution in [-0.2, 0) is 4.79 Å². The molecule has 6 nitrogen and oxygen atoms in total. The van der Waals surface area contributed by atoms with E-state index in [1.807, 2.05) is 18.2 Å². The van der Waals surface area contributed by atoms with E-state index in [2.05, 4.69) is 48.1 Å². The highest BCUT2D eigenvalue weighted by atomic mass is 16.2. The van der Waals surface area contributed by atoms with E-state index in [1.165, 1.54) is 0 Å². The van der Waals surface area contributed by atoms with Crippen LogP contribution in [-0.4, -0.2) is 56.0 Å². The number of hydrogen-bond acceptors (Lipinski definition) is 4. The van der Waals surface area contributed by atoms with Gasteiger partial charge in [-0.3, -0.25) is 9.59 Å². The fourth-order valence-corrected chi connectivity index (χ4v) is 3.84. The minimum Gasteiger partial charge on any atom is -0.371 e. The Morgan fingerprint density at radius 3 is 2.47 bits per heavy atom. The largest absolute Gasteiger partial charge is 0.371 e. The predicted molar refractivity (Wildman–Crippen MR) is 125 cm³/mol. The first-order valence-electron chi connectivity index (χ1n) is 11.7. The fourth-order valence-electron chi connectivity index (χ4n) is 3.84. The highest BCUT2D eigenvalue weighted by Gasteiger charge is 2.22. The van der Waals surface area contributed by atoms with Crippen LogP contribution in [0.25, 0.3) is 0 Å². The number of nitrogens with one attached hydrogen (secondary N) is 2. The minimum absolute atomic E-state index is 0.00397. The number of rotatable bonds is 11. The Labute approximate surface area is 182 Å². The number of nitrogens with zero attached hydrogens (tertiary/aromatic N) is 2. The zero-order valence-electron chi connectivity index (χ0n) is 19.3. The lowest BCUT2D eigenvalue weighted by molar-refractivity contribution is -0.116. The summed E-state index contributed by atoms with van der Waals surface area (Å²) >= 11 is 0. The van der Waals surface area contributed by atoms with Gasteiger partial charge in [-0.25, -0.2) is 0 Å². The molecule has 2 N–H and O–H groups in total. The van der Waals surface area contributed by atoms with Crippen molar-refractivity contribution in [1.29, 1.82) is 0 Å². The molecule has 1 saturated heterocycles. The lowest BCUT2D eigenvalue weighted by Gasteiger charge is -2.33. The van der Waals surface area contributed by atoms with Gasteiger partial charge >= 0.3 is 0 Å². The van der Waals surface area contributed by atoms with Crippen LogP contribution in [0.5, 0.6) is 0 Å². The van der Waals surface area contributed by atoms with E-state index in [-0.39, 0.29) is 11.8 Å². The van der Waals surface area contributed by atoms with Crippen molar-refractivity contribution >= 4 is 23.2 Å². The molecule has 0 bridgehead atoms. The summed E-state index contributed by atoms with van der Waals surface area (Å²) in [7, 11) is 0. The third-order valence-electron chi connectivity index (χ3n) is 6.01. The fraction of sp³-hybridized carbons (Fsp3) is 0.667. The number of carbonyl (C=O) groups excluding carboxylic acids is 2. The number of amides is 2. The summed E-state index contributed by atoms with van der Waals surface area (Å²) in [4.78, 5) is 29.8. The van der Waals surface area contributed by atoms with Crippen molar-refractivity contribution < 1.29 is 9.59 Å². The molecule has 0 unspecified atom stereocenters. The summed E-state index contributed by atoms with van der Waals surface area (Å²) in [5.41, 5.74) is 2.31. The van der Waals surface area contributed by atoms with Gasteiger partial charge in [0.15, 0.2) is 0 Å². The molecule has 1 aliphatic rings. The van der Waals surface area contributed by atoms with E-state index >= 15 is 0 Å². The lowest BCUT2D eigenvalue weighted by Crippen LogP contribution is -2.37. The molecule has 0 aliphatic carbocycles. The van der Waals surface area contributed by atoms with Gasteiger partial charge in [-0.2, -0.15) is 0 Å². The van der Waals surface area contributed by atoms with E-state index in [9.17, 15) is 9.59 Å². The zero-order chi connectivity index (χ0) is 21.9. The molecule has 1 aromatic rings. The van der Waals surface area contributed by atoms with Crippen LogP contribution < -0.4 is 15.5 Å². The molecular weight excluding hydrogens is 376 g/mol. The minimum atomic E-state index is -0.0690. The molecule has 0 radical (unpaired) electrons. The van der Waals surface area contributed by atoms with Gasteiger partial charge in [0.1, 0.15) is 0 Å². The number of likely N-dealkylation sites (N-methyl/N-ethyl adjacent to an activating group) is 1.